The zero-order valence-electron chi connectivity index (χ0n) is 14.2. The van der Waals surface area contributed by atoms with Crippen molar-refractivity contribution in [1.29, 1.82) is 0 Å². The van der Waals surface area contributed by atoms with Crippen LogP contribution in [0.4, 0.5) is 5.82 Å². The van der Waals surface area contributed by atoms with Crippen LogP contribution < -0.4 is 15.6 Å². The maximum absolute atomic E-state index is 12.6. The number of thioether (sulfide) groups is 1. The number of fused-ring (bicyclic) bond motifs is 1. The SMILES string of the molecule is C=CCOc1ccc([C@H]2CC(=O)Nc3nc(SCC=C)[nH]c(=O)c32)cc1. The monoisotopic (exact) mass is 369 g/mol. The number of hydrogen-bond acceptors (Lipinski definition) is 5. The molecule has 6 nitrogen and oxygen atoms in total. The maximum Gasteiger partial charge on any atom is 0.257 e. The summed E-state index contributed by atoms with van der Waals surface area (Å²) in [5, 5.41) is 3.17. The lowest BCUT2D eigenvalue weighted by Crippen LogP contribution is -2.31. The molecule has 1 atom stereocenters. The van der Waals surface area contributed by atoms with E-state index in [1.54, 1.807) is 12.2 Å². The number of amides is 1. The summed E-state index contributed by atoms with van der Waals surface area (Å²) in [5.74, 6) is 1.14. The van der Waals surface area contributed by atoms with Crippen LogP contribution in [0.3, 0.4) is 0 Å². The van der Waals surface area contributed by atoms with Gasteiger partial charge in [-0.25, -0.2) is 4.98 Å². The number of carbonyl (C=O) groups is 1. The largest absolute Gasteiger partial charge is 0.490 e. The van der Waals surface area contributed by atoms with E-state index in [1.807, 2.05) is 24.3 Å². The molecule has 0 bridgehead atoms. The molecule has 2 N–H and O–H groups in total. The van der Waals surface area contributed by atoms with E-state index in [9.17, 15) is 9.59 Å². The van der Waals surface area contributed by atoms with Crippen molar-refractivity contribution in [3.8, 4) is 5.75 Å². The molecule has 1 aromatic heterocycles. The molecule has 0 radical (unpaired) electrons. The molecule has 1 aromatic carbocycles. The van der Waals surface area contributed by atoms with Crippen LogP contribution in [0.25, 0.3) is 0 Å². The molecule has 26 heavy (non-hydrogen) atoms. The molecular weight excluding hydrogens is 350 g/mol. The smallest absolute Gasteiger partial charge is 0.257 e. The van der Waals surface area contributed by atoms with Crippen molar-refractivity contribution in [2.75, 3.05) is 17.7 Å². The van der Waals surface area contributed by atoms with Crippen LogP contribution in [0.2, 0.25) is 0 Å². The number of ether oxygens (including phenoxy) is 1. The summed E-state index contributed by atoms with van der Waals surface area (Å²) in [6.07, 6.45) is 3.59. The van der Waals surface area contributed by atoms with E-state index >= 15 is 0 Å². The number of H-pyrrole nitrogens is 1. The molecule has 2 heterocycles. The number of aromatic amines is 1. The first-order valence-corrected chi connectivity index (χ1v) is 9.12. The highest BCUT2D eigenvalue weighted by Gasteiger charge is 2.30. The molecule has 0 saturated heterocycles. The van der Waals surface area contributed by atoms with Gasteiger partial charge in [0.05, 0.1) is 5.56 Å². The molecule has 134 valence electrons. The van der Waals surface area contributed by atoms with Gasteiger partial charge in [0.25, 0.3) is 5.56 Å². The van der Waals surface area contributed by atoms with Gasteiger partial charge < -0.3 is 15.0 Å². The Labute approximate surface area is 155 Å². The fraction of sp³-hybridized carbons (Fsp3) is 0.211. The van der Waals surface area contributed by atoms with Crippen molar-refractivity contribution < 1.29 is 9.53 Å². The number of nitrogens with one attached hydrogen (secondary N) is 2. The number of carbonyl (C=O) groups excluding carboxylic acids is 1. The second-order valence-electron chi connectivity index (χ2n) is 5.71. The minimum atomic E-state index is -0.345. The summed E-state index contributed by atoms with van der Waals surface area (Å²) < 4.78 is 5.48. The molecule has 7 heteroatoms. The van der Waals surface area contributed by atoms with E-state index in [0.29, 0.717) is 34.6 Å². The number of hydrogen-bond donors (Lipinski definition) is 2. The third-order valence-electron chi connectivity index (χ3n) is 3.92. The van der Waals surface area contributed by atoms with Gasteiger partial charge in [-0.3, -0.25) is 9.59 Å². The van der Waals surface area contributed by atoms with Gasteiger partial charge in [-0.15, -0.1) is 6.58 Å². The van der Waals surface area contributed by atoms with E-state index in [0.717, 1.165) is 5.56 Å². The Kier molecular flexibility index (Phi) is 5.58. The topological polar surface area (TPSA) is 84.1 Å². The Morgan fingerprint density at radius 3 is 2.69 bits per heavy atom. The van der Waals surface area contributed by atoms with Gasteiger partial charge in [-0.1, -0.05) is 42.6 Å². The van der Waals surface area contributed by atoms with Crippen LogP contribution in [-0.4, -0.2) is 28.2 Å². The van der Waals surface area contributed by atoms with Gasteiger partial charge in [-0.05, 0) is 17.7 Å². The molecule has 0 fully saturated rings. The highest BCUT2D eigenvalue weighted by molar-refractivity contribution is 7.99. The van der Waals surface area contributed by atoms with Crippen LogP contribution in [0.1, 0.15) is 23.5 Å². The Morgan fingerprint density at radius 1 is 1.23 bits per heavy atom. The summed E-state index contributed by atoms with van der Waals surface area (Å²) in [4.78, 5) is 31.9. The molecule has 3 rings (SSSR count). The maximum atomic E-state index is 12.6. The number of anilines is 1. The van der Waals surface area contributed by atoms with Crippen molar-refractivity contribution in [2.24, 2.45) is 0 Å². The van der Waals surface area contributed by atoms with Crippen LogP contribution in [0.5, 0.6) is 5.75 Å². The molecule has 1 amide bonds. The summed E-state index contributed by atoms with van der Waals surface area (Å²) >= 11 is 1.35. The average molecular weight is 369 g/mol. The van der Waals surface area contributed by atoms with E-state index in [2.05, 4.69) is 28.4 Å². The molecule has 2 aromatic rings. The predicted octanol–water partition coefficient (Wildman–Crippen LogP) is 3.09. The third-order valence-corrected chi connectivity index (χ3v) is 4.79. The highest BCUT2D eigenvalue weighted by atomic mass is 32.2. The molecule has 1 aliphatic heterocycles. The Morgan fingerprint density at radius 2 is 2.00 bits per heavy atom. The second-order valence-corrected chi connectivity index (χ2v) is 6.72. The molecular formula is C19H19N3O3S. The fourth-order valence-corrected chi connectivity index (χ4v) is 3.39. The number of aromatic nitrogens is 2. The van der Waals surface area contributed by atoms with Crippen molar-refractivity contribution in [2.45, 2.75) is 17.5 Å². The first-order chi connectivity index (χ1) is 12.6. The molecule has 0 unspecified atom stereocenters. The lowest BCUT2D eigenvalue weighted by atomic mass is 9.87. The van der Waals surface area contributed by atoms with Crippen LogP contribution in [-0.2, 0) is 4.79 Å². The van der Waals surface area contributed by atoms with Crippen LogP contribution in [0, 0.1) is 0 Å². The average Bonchev–Trinajstić information content (AvgIpc) is 2.64. The van der Waals surface area contributed by atoms with Gasteiger partial charge in [0.15, 0.2) is 5.16 Å². The summed E-state index contributed by atoms with van der Waals surface area (Å²) in [6, 6.07) is 7.37. The molecule has 0 saturated carbocycles. The van der Waals surface area contributed by atoms with Gasteiger partial charge in [0.1, 0.15) is 18.2 Å². The van der Waals surface area contributed by atoms with Crippen LogP contribution in [0.15, 0.2) is 59.5 Å². The standard InChI is InChI=1S/C19H19N3O3S/c1-3-9-25-13-7-5-12(6-8-13)14-11-15(23)20-17-16(14)18(24)22-19(21-17)26-10-4-2/h3-8,14H,1-2,9-11H2,(H2,20,21,22,23,24)/t14-/m1/s1. The first kappa shape index (κ1) is 18.0. The molecule has 1 aliphatic rings. The summed E-state index contributed by atoms with van der Waals surface area (Å²) in [5.41, 5.74) is 1.11. The zero-order chi connectivity index (χ0) is 18.5. The summed E-state index contributed by atoms with van der Waals surface area (Å²) in [7, 11) is 0. The van der Waals surface area contributed by atoms with Crippen molar-refractivity contribution >= 4 is 23.5 Å². The molecule has 0 aliphatic carbocycles. The van der Waals surface area contributed by atoms with E-state index in [1.165, 1.54) is 11.8 Å². The number of nitrogens with zero attached hydrogens (tertiary/aromatic N) is 1. The van der Waals surface area contributed by atoms with E-state index < -0.39 is 0 Å². The minimum Gasteiger partial charge on any atom is -0.490 e. The lowest BCUT2D eigenvalue weighted by Gasteiger charge is -2.24. The Bertz CT molecular complexity index is 890. The third kappa shape index (κ3) is 3.88. The lowest BCUT2D eigenvalue weighted by molar-refractivity contribution is -0.116. The van der Waals surface area contributed by atoms with Gasteiger partial charge in [0, 0.05) is 18.1 Å². The molecule has 0 spiro atoms. The van der Waals surface area contributed by atoms with E-state index in [-0.39, 0.29) is 23.8 Å². The predicted molar refractivity (Wildman–Crippen MR) is 103 cm³/mol. The first-order valence-electron chi connectivity index (χ1n) is 8.13. The van der Waals surface area contributed by atoms with Crippen molar-refractivity contribution in [3.05, 3.63) is 71.1 Å². The minimum absolute atomic E-state index is 0.160. The second kappa shape index (κ2) is 8.05. The quantitative estimate of drug-likeness (QED) is 0.445. The zero-order valence-corrected chi connectivity index (χ0v) is 15.0. The highest BCUT2D eigenvalue weighted by Crippen LogP contribution is 2.35. The van der Waals surface area contributed by atoms with Gasteiger partial charge >= 0.3 is 0 Å². The van der Waals surface area contributed by atoms with E-state index in [4.69, 9.17) is 4.74 Å². The van der Waals surface area contributed by atoms with Gasteiger partial charge in [0.2, 0.25) is 5.91 Å². The fourth-order valence-electron chi connectivity index (χ4n) is 2.79. The number of rotatable bonds is 7. The normalized spacial score (nSPS) is 15.7. The Balaban J connectivity index is 1.95. The summed E-state index contributed by atoms with van der Waals surface area (Å²) in [6.45, 7) is 7.68. The van der Waals surface area contributed by atoms with Crippen molar-refractivity contribution in [1.82, 2.24) is 9.97 Å². The van der Waals surface area contributed by atoms with Crippen LogP contribution >= 0.6 is 11.8 Å². The number of benzene rings is 1. The Hall–Kier alpha value is -2.80. The van der Waals surface area contributed by atoms with Crippen molar-refractivity contribution in [3.63, 3.8) is 0 Å². The van der Waals surface area contributed by atoms with Gasteiger partial charge in [-0.2, -0.15) is 0 Å².